The Hall–Kier alpha value is -2.23. The second-order valence-electron chi connectivity index (χ2n) is 5.38. The summed E-state index contributed by atoms with van der Waals surface area (Å²) in [7, 11) is 0. The van der Waals surface area contributed by atoms with Gasteiger partial charge in [-0.2, -0.15) is 5.26 Å². The molecule has 8 heteroatoms. The summed E-state index contributed by atoms with van der Waals surface area (Å²) in [5.41, 5.74) is 0.484. The van der Waals surface area contributed by atoms with Gasteiger partial charge < -0.3 is 15.3 Å². The number of piperidine rings is 1. The Balaban J connectivity index is 2.04. The zero-order chi connectivity index (χ0) is 17.7. The van der Waals surface area contributed by atoms with Gasteiger partial charge in [0.2, 0.25) is 0 Å². The SMILES string of the molecule is N#C/C(=C/Nc1cc(Cl)cc(Cl)c1)C(=O)N1CCC(C(=O)O)CC1. The number of carbonyl (C=O) groups excluding carboxylic acids is 1. The van der Waals surface area contributed by atoms with Crippen LogP contribution in [0.15, 0.2) is 30.0 Å². The molecule has 0 aromatic heterocycles. The molecule has 2 rings (SSSR count). The number of nitriles is 1. The molecular formula is C16H15Cl2N3O3. The minimum Gasteiger partial charge on any atom is -0.481 e. The van der Waals surface area contributed by atoms with Crippen molar-refractivity contribution in [2.75, 3.05) is 18.4 Å². The molecule has 1 amide bonds. The largest absolute Gasteiger partial charge is 0.481 e. The van der Waals surface area contributed by atoms with E-state index >= 15 is 0 Å². The van der Waals surface area contributed by atoms with E-state index in [-0.39, 0.29) is 5.57 Å². The van der Waals surface area contributed by atoms with Gasteiger partial charge in [0.05, 0.1) is 5.92 Å². The monoisotopic (exact) mass is 367 g/mol. The van der Waals surface area contributed by atoms with E-state index in [1.54, 1.807) is 18.2 Å². The Morgan fingerprint density at radius 2 is 1.83 bits per heavy atom. The van der Waals surface area contributed by atoms with Crippen LogP contribution in [0.3, 0.4) is 0 Å². The van der Waals surface area contributed by atoms with E-state index in [9.17, 15) is 14.9 Å². The van der Waals surface area contributed by atoms with Crippen LogP contribution in [0.1, 0.15) is 12.8 Å². The number of anilines is 1. The molecule has 0 unspecified atom stereocenters. The summed E-state index contributed by atoms with van der Waals surface area (Å²) >= 11 is 11.8. The molecular weight excluding hydrogens is 353 g/mol. The molecule has 1 aromatic rings. The lowest BCUT2D eigenvalue weighted by atomic mass is 9.97. The molecule has 0 bridgehead atoms. The van der Waals surface area contributed by atoms with Crippen molar-refractivity contribution in [1.29, 1.82) is 5.26 Å². The van der Waals surface area contributed by atoms with Crippen LogP contribution in [0.5, 0.6) is 0 Å². The van der Waals surface area contributed by atoms with Gasteiger partial charge in [-0.15, -0.1) is 0 Å². The van der Waals surface area contributed by atoms with Gasteiger partial charge in [-0.1, -0.05) is 23.2 Å². The summed E-state index contributed by atoms with van der Waals surface area (Å²) in [6.07, 6.45) is 2.07. The van der Waals surface area contributed by atoms with Crippen molar-refractivity contribution in [1.82, 2.24) is 4.90 Å². The van der Waals surface area contributed by atoms with E-state index in [1.807, 2.05) is 6.07 Å². The van der Waals surface area contributed by atoms with Gasteiger partial charge >= 0.3 is 5.97 Å². The predicted molar refractivity (Wildman–Crippen MR) is 90.7 cm³/mol. The number of nitrogens with one attached hydrogen (secondary N) is 1. The minimum atomic E-state index is -0.849. The number of nitrogens with zero attached hydrogens (tertiary/aromatic N) is 2. The lowest BCUT2D eigenvalue weighted by Gasteiger charge is -2.29. The van der Waals surface area contributed by atoms with E-state index in [0.717, 1.165) is 0 Å². The van der Waals surface area contributed by atoms with Crippen LogP contribution in [0.2, 0.25) is 10.0 Å². The average Bonchev–Trinajstić information content (AvgIpc) is 2.54. The normalized spacial score (nSPS) is 15.7. The first-order valence-electron chi connectivity index (χ1n) is 7.25. The van der Waals surface area contributed by atoms with Gasteiger partial charge in [0.15, 0.2) is 0 Å². The maximum Gasteiger partial charge on any atom is 0.306 e. The van der Waals surface area contributed by atoms with Crippen molar-refractivity contribution in [3.05, 3.63) is 40.0 Å². The smallest absolute Gasteiger partial charge is 0.306 e. The van der Waals surface area contributed by atoms with Crippen LogP contribution in [-0.4, -0.2) is 35.0 Å². The highest BCUT2D eigenvalue weighted by Gasteiger charge is 2.28. The summed E-state index contributed by atoms with van der Waals surface area (Å²) in [4.78, 5) is 24.8. The number of hydrogen-bond donors (Lipinski definition) is 2. The average molecular weight is 368 g/mol. The number of likely N-dealkylation sites (tertiary alicyclic amines) is 1. The minimum absolute atomic E-state index is 0.0696. The first-order valence-corrected chi connectivity index (χ1v) is 8.01. The second-order valence-corrected chi connectivity index (χ2v) is 6.25. The molecule has 126 valence electrons. The third-order valence-corrected chi connectivity index (χ3v) is 4.16. The van der Waals surface area contributed by atoms with Crippen molar-refractivity contribution in [2.24, 2.45) is 5.92 Å². The molecule has 1 aliphatic rings. The van der Waals surface area contributed by atoms with Gasteiger partial charge in [0.1, 0.15) is 11.6 Å². The molecule has 0 radical (unpaired) electrons. The maximum atomic E-state index is 12.4. The number of aliphatic carboxylic acids is 1. The summed E-state index contributed by atoms with van der Waals surface area (Å²) in [5.74, 6) is -1.71. The summed E-state index contributed by atoms with van der Waals surface area (Å²) < 4.78 is 0. The Morgan fingerprint density at radius 3 is 2.33 bits per heavy atom. The number of carbonyl (C=O) groups is 2. The third kappa shape index (κ3) is 4.63. The number of carboxylic acids is 1. The lowest BCUT2D eigenvalue weighted by Crippen LogP contribution is -2.40. The molecule has 0 saturated carbocycles. The molecule has 0 aliphatic carbocycles. The fourth-order valence-electron chi connectivity index (χ4n) is 2.43. The summed E-state index contributed by atoms with van der Waals surface area (Å²) in [5, 5.41) is 21.9. The first kappa shape index (κ1) is 18.1. The number of hydrogen-bond acceptors (Lipinski definition) is 4. The van der Waals surface area contributed by atoms with E-state index < -0.39 is 17.8 Å². The van der Waals surface area contributed by atoms with Crippen LogP contribution in [0.25, 0.3) is 0 Å². The first-order chi connectivity index (χ1) is 11.4. The molecule has 0 spiro atoms. The van der Waals surface area contributed by atoms with Gasteiger partial charge in [-0.05, 0) is 31.0 Å². The maximum absolute atomic E-state index is 12.4. The highest BCUT2D eigenvalue weighted by Crippen LogP contribution is 2.23. The molecule has 1 aromatic carbocycles. The second kappa shape index (κ2) is 8.04. The summed E-state index contributed by atoms with van der Waals surface area (Å²) in [6.45, 7) is 0.635. The molecule has 6 nitrogen and oxygen atoms in total. The lowest BCUT2D eigenvalue weighted by molar-refractivity contribution is -0.145. The standard InChI is InChI=1S/C16H15Cl2N3O3/c17-12-5-13(18)7-14(6-12)20-9-11(8-19)15(22)21-3-1-10(2-4-21)16(23)24/h5-7,9-10,20H,1-4H2,(H,23,24)/b11-9-. The summed E-state index contributed by atoms with van der Waals surface area (Å²) in [6, 6.07) is 6.65. The van der Waals surface area contributed by atoms with Crippen LogP contribution in [0.4, 0.5) is 5.69 Å². The Kier molecular flexibility index (Phi) is 6.07. The van der Waals surface area contributed by atoms with E-state index in [1.165, 1.54) is 11.1 Å². The Bertz CT molecular complexity index is 700. The Morgan fingerprint density at radius 1 is 1.25 bits per heavy atom. The fraction of sp³-hybridized carbons (Fsp3) is 0.312. The molecule has 1 heterocycles. The molecule has 1 aliphatic heterocycles. The highest BCUT2D eigenvalue weighted by molar-refractivity contribution is 6.35. The van der Waals surface area contributed by atoms with E-state index in [4.69, 9.17) is 28.3 Å². The van der Waals surface area contributed by atoms with Crippen LogP contribution in [0, 0.1) is 17.2 Å². The topological polar surface area (TPSA) is 93.4 Å². The molecule has 0 atom stereocenters. The zero-order valence-electron chi connectivity index (χ0n) is 12.6. The van der Waals surface area contributed by atoms with Crippen LogP contribution >= 0.6 is 23.2 Å². The number of carboxylic acid groups (broad SMARTS) is 1. The quantitative estimate of drug-likeness (QED) is 0.629. The number of halogens is 2. The van der Waals surface area contributed by atoms with E-state index in [0.29, 0.717) is 41.7 Å². The highest BCUT2D eigenvalue weighted by atomic mass is 35.5. The van der Waals surface area contributed by atoms with Crippen molar-refractivity contribution in [3.63, 3.8) is 0 Å². The van der Waals surface area contributed by atoms with Gasteiger partial charge in [0, 0.05) is 35.0 Å². The Labute approximate surface area is 149 Å². The third-order valence-electron chi connectivity index (χ3n) is 3.73. The van der Waals surface area contributed by atoms with Crippen molar-refractivity contribution in [2.45, 2.75) is 12.8 Å². The molecule has 24 heavy (non-hydrogen) atoms. The van der Waals surface area contributed by atoms with Gasteiger partial charge in [-0.25, -0.2) is 0 Å². The number of benzene rings is 1. The van der Waals surface area contributed by atoms with Gasteiger partial charge in [0.25, 0.3) is 5.91 Å². The molecule has 2 N–H and O–H groups in total. The van der Waals surface area contributed by atoms with Gasteiger partial charge in [-0.3, -0.25) is 9.59 Å². The fourth-order valence-corrected chi connectivity index (χ4v) is 2.96. The predicted octanol–water partition coefficient (Wildman–Crippen LogP) is 3.14. The van der Waals surface area contributed by atoms with Crippen molar-refractivity contribution >= 4 is 40.8 Å². The zero-order valence-corrected chi connectivity index (χ0v) is 14.1. The number of rotatable bonds is 4. The molecule has 1 fully saturated rings. The van der Waals surface area contributed by atoms with Crippen LogP contribution < -0.4 is 5.32 Å². The number of amides is 1. The van der Waals surface area contributed by atoms with Crippen LogP contribution in [-0.2, 0) is 9.59 Å². The van der Waals surface area contributed by atoms with Crippen molar-refractivity contribution in [3.8, 4) is 6.07 Å². The molecule has 1 saturated heterocycles. The van der Waals surface area contributed by atoms with Crippen molar-refractivity contribution < 1.29 is 14.7 Å². The van der Waals surface area contributed by atoms with E-state index in [2.05, 4.69) is 5.32 Å².